The number of nitrogens with zero attached hydrogens (tertiary/aromatic N) is 1. The van der Waals surface area contributed by atoms with E-state index in [1.165, 1.54) is 11.1 Å². The number of carbonyl (C=O) groups is 3. The predicted molar refractivity (Wildman–Crippen MR) is 123 cm³/mol. The van der Waals surface area contributed by atoms with Gasteiger partial charge in [-0.1, -0.05) is 54.7 Å². The van der Waals surface area contributed by atoms with Gasteiger partial charge in [-0.25, -0.2) is 0 Å². The van der Waals surface area contributed by atoms with Crippen molar-refractivity contribution in [2.24, 2.45) is 0 Å². The molecule has 31 heavy (non-hydrogen) atoms. The molecule has 6 heteroatoms. The molecule has 3 amide bonds. The lowest BCUT2D eigenvalue weighted by atomic mass is 10.00. The Morgan fingerprint density at radius 3 is 2.45 bits per heavy atom. The normalized spacial score (nSPS) is 18.2. The Morgan fingerprint density at radius 2 is 1.74 bits per heavy atom. The van der Waals surface area contributed by atoms with Crippen LogP contribution >= 0.6 is 12.2 Å². The fourth-order valence-corrected chi connectivity index (χ4v) is 4.33. The van der Waals surface area contributed by atoms with E-state index < -0.39 is 17.9 Å². The minimum atomic E-state index is -0.788. The third-order valence-corrected chi connectivity index (χ3v) is 6.18. The molecule has 0 bridgehead atoms. The smallest absolute Gasteiger partial charge is 0.262 e. The van der Waals surface area contributed by atoms with Crippen molar-refractivity contribution >= 4 is 34.8 Å². The summed E-state index contributed by atoms with van der Waals surface area (Å²) in [6.07, 6.45) is 3.11. The van der Waals surface area contributed by atoms with Crippen LogP contribution in [0.2, 0.25) is 0 Å². The summed E-state index contributed by atoms with van der Waals surface area (Å²) in [5.74, 6) is -1.17. The van der Waals surface area contributed by atoms with E-state index in [2.05, 4.69) is 43.1 Å². The molecular formula is C25H24N2O3S. The van der Waals surface area contributed by atoms with Gasteiger partial charge in [0.15, 0.2) is 0 Å². The summed E-state index contributed by atoms with van der Waals surface area (Å²) in [5, 5.41) is 2.65. The van der Waals surface area contributed by atoms with Gasteiger partial charge in [0.1, 0.15) is 6.04 Å². The first kappa shape index (κ1) is 21.1. The number of thiocarbonyl (C=S) groups is 1. The van der Waals surface area contributed by atoms with Crippen LogP contribution in [-0.2, 0) is 17.6 Å². The molecule has 0 saturated carbocycles. The zero-order valence-electron chi connectivity index (χ0n) is 17.4. The molecule has 4 rings (SSSR count). The molecule has 1 unspecified atom stereocenters. The lowest BCUT2D eigenvalue weighted by molar-refractivity contribution is -0.125. The second-order valence-electron chi connectivity index (χ2n) is 8.21. The molecule has 5 nitrogen and oxygen atoms in total. The Bertz CT molecular complexity index is 1100. The largest absolute Gasteiger partial charge is 0.329 e. The number of benzene rings is 2. The molecular weight excluding hydrogens is 408 g/mol. The Kier molecular flexibility index (Phi) is 5.83. The Hall–Kier alpha value is -3.12. The highest BCUT2D eigenvalue weighted by Gasteiger charge is 2.43. The summed E-state index contributed by atoms with van der Waals surface area (Å²) >= 11 is 5.56. The van der Waals surface area contributed by atoms with Crippen molar-refractivity contribution < 1.29 is 14.4 Å². The number of aryl methyl sites for hydroxylation is 2. The van der Waals surface area contributed by atoms with Gasteiger partial charge < -0.3 is 5.32 Å². The zero-order valence-corrected chi connectivity index (χ0v) is 18.3. The van der Waals surface area contributed by atoms with E-state index >= 15 is 0 Å². The van der Waals surface area contributed by atoms with Crippen LogP contribution in [0.25, 0.3) is 0 Å². The van der Waals surface area contributed by atoms with Crippen LogP contribution in [0.3, 0.4) is 0 Å². The number of amides is 3. The van der Waals surface area contributed by atoms with Gasteiger partial charge in [-0.15, -0.1) is 0 Å². The average molecular weight is 433 g/mol. The second kappa shape index (κ2) is 8.55. The maximum absolute atomic E-state index is 13.0. The van der Waals surface area contributed by atoms with Gasteiger partial charge in [0, 0.05) is 12.1 Å². The first-order valence-corrected chi connectivity index (χ1v) is 10.8. The van der Waals surface area contributed by atoms with E-state index in [-0.39, 0.29) is 5.91 Å². The van der Waals surface area contributed by atoms with Crippen molar-refractivity contribution in [2.75, 3.05) is 0 Å². The van der Waals surface area contributed by atoms with Crippen molar-refractivity contribution in [3.63, 3.8) is 0 Å². The highest BCUT2D eigenvalue weighted by Crippen LogP contribution is 2.29. The fraction of sp³-hybridized carbons (Fsp3) is 0.280. The first-order valence-electron chi connectivity index (χ1n) is 10.4. The molecule has 158 valence electrons. The molecule has 1 atom stereocenters. The molecule has 2 heterocycles. The van der Waals surface area contributed by atoms with E-state index in [0.29, 0.717) is 36.1 Å². The van der Waals surface area contributed by atoms with Gasteiger partial charge in [0.05, 0.1) is 11.1 Å². The number of fused-ring (bicyclic) bond motifs is 1. The number of hydrogen-bond donors (Lipinski definition) is 1. The molecule has 1 fully saturated rings. The Balaban J connectivity index is 1.43. The fourth-order valence-electron chi connectivity index (χ4n) is 4.06. The predicted octanol–water partition coefficient (Wildman–Crippen LogP) is 3.93. The van der Waals surface area contributed by atoms with Crippen molar-refractivity contribution in [3.8, 4) is 0 Å². The zero-order chi connectivity index (χ0) is 22.1. The van der Waals surface area contributed by atoms with E-state index in [0.717, 1.165) is 28.2 Å². The van der Waals surface area contributed by atoms with Crippen LogP contribution < -0.4 is 5.32 Å². The second-order valence-corrected chi connectivity index (χ2v) is 8.79. The monoisotopic (exact) mass is 432 g/mol. The molecule has 0 aliphatic carbocycles. The topological polar surface area (TPSA) is 66.5 Å². The highest BCUT2D eigenvalue weighted by atomic mass is 32.1. The summed E-state index contributed by atoms with van der Waals surface area (Å²) in [6.45, 7) is 5.80. The standard InChI is InChI=1S/C25H24N2O3S/c1-15-3-6-17(7-4-15)13-19(31)10-8-18-9-11-20-21(14-18)25(30)27(24(20)29)22-12-5-16(2)26-23(22)28/h3-4,6-7,9,11,14,22H,2,5,8,10,12-13H2,1H3,(H,26,28). The molecule has 2 aromatic carbocycles. The Labute approximate surface area is 187 Å². The summed E-state index contributed by atoms with van der Waals surface area (Å²) < 4.78 is 0. The lowest BCUT2D eigenvalue weighted by Gasteiger charge is -2.29. The van der Waals surface area contributed by atoms with E-state index in [1.807, 2.05) is 6.07 Å². The molecule has 1 N–H and O–H groups in total. The third kappa shape index (κ3) is 4.35. The van der Waals surface area contributed by atoms with Crippen LogP contribution in [0, 0.1) is 6.92 Å². The quantitative estimate of drug-likeness (QED) is 0.555. The van der Waals surface area contributed by atoms with Gasteiger partial charge in [-0.05, 0) is 60.7 Å². The van der Waals surface area contributed by atoms with Gasteiger partial charge in [-0.2, -0.15) is 0 Å². The lowest BCUT2D eigenvalue weighted by Crippen LogP contribution is -2.51. The van der Waals surface area contributed by atoms with Crippen LogP contribution in [0.15, 0.2) is 54.7 Å². The van der Waals surface area contributed by atoms with Gasteiger partial charge >= 0.3 is 0 Å². The SMILES string of the molecule is C=C1CCC(N2C(=O)c3ccc(CCC(=S)Cc4ccc(C)cc4)cc3C2=O)C(=O)N1. The number of piperidine rings is 1. The number of carbonyl (C=O) groups excluding carboxylic acids is 3. The molecule has 2 aromatic rings. The highest BCUT2D eigenvalue weighted by molar-refractivity contribution is 7.80. The molecule has 0 spiro atoms. The Morgan fingerprint density at radius 1 is 1.06 bits per heavy atom. The van der Waals surface area contributed by atoms with Crippen molar-refractivity contribution in [1.29, 1.82) is 0 Å². The molecule has 2 aliphatic heterocycles. The number of nitrogens with one attached hydrogen (secondary N) is 1. The van der Waals surface area contributed by atoms with E-state index in [4.69, 9.17) is 12.2 Å². The minimum absolute atomic E-state index is 0.354. The van der Waals surface area contributed by atoms with Gasteiger partial charge in [0.25, 0.3) is 11.8 Å². The number of imide groups is 1. The minimum Gasteiger partial charge on any atom is -0.329 e. The van der Waals surface area contributed by atoms with Crippen LogP contribution in [-0.4, -0.2) is 33.5 Å². The van der Waals surface area contributed by atoms with Crippen LogP contribution in [0.5, 0.6) is 0 Å². The number of rotatable bonds is 6. The molecule has 0 aromatic heterocycles. The van der Waals surface area contributed by atoms with Crippen molar-refractivity contribution in [1.82, 2.24) is 10.2 Å². The summed E-state index contributed by atoms with van der Waals surface area (Å²) in [7, 11) is 0. The number of hydrogen-bond acceptors (Lipinski definition) is 4. The van der Waals surface area contributed by atoms with Crippen LogP contribution in [0.4, 0.5) is 0 Å². The number of allylic oxidation sites excluding steroid dienone is 1. The van der Waals surface area contributed by atoms with Crippen molar-refractivity contribution in [3.05, 3.63) is 82.6 Å². The maximum Gasteiger partial charge on any atom is 0.262 e. The van der Waals surface area contributed by atoms with E-state index in [9.17, 15) is 14.4 Å². The third-order valence-electron chi connectivity index (χ3n) is 5.83. The van der Waals surface area contributed by atoms with Crippen LogP contribution in [0.1, 0.15) is 56.7 Å². The summed E-state index contributed by atoms with van der Waals surface area (Å²) in [6, 6.07) is 12.9. The van der Waals surface area contributed by atoms with Crippen molar-refractivity contribution in [2.45, 2.75) is 45.1 Å². The van der Waals surface area contributed by atoms with Gasteiger partial charge in [-0.3, -0.25) is 19.3 Å². The summed E-state index contributed by atoms with van der Waals surface area (Å²) in [4.78, 5) is 40.2. The van der Waals surface area contributed by atoms with Gasteiger partial charge in [0.2, 0.25) is 5.91 Å². The average Bonchev–Trinajstić information content (AvgIpc) is 2.98. The molecule has 1 saturated heterocycles. The molecule has 2 aliphatic rings. The molecule has 0 radical (unpaired) electrons. The van der Waals surface area contributed by atoms with E-state index in [1.54, 1.807) is 12.1 Å². The summed E-state index contributed by atoms with van der Waals surface area (Å²) in [5.41, 5.74) is 4.69. The first-order chi connectivity index (χ1) is 14.8. The maximum atomic E-state index is 13.0.